The molecule has 1 atom stereocenters. The van der Waals surface area contributed by atoms with Crippen LogP contribution >= 0.6 is 0 Å². The van der Waals surface area contributed by atoms with Crippen molar-refractivity contribution < 1.29 is 13.2 Å². The molecule has 1 unspecified atom stereocenters. The van der Waals surface area contributed by atoms with Crippen LogP contribution in [0.15, 0.2) is 18.3 Å². The number of nitrogens with zero attached hydrogens (tertiary/aromatic N) is 1. The molecule has 1 aromatic heterocycles. The fourth-order valence-corrected chi connectivity index (χ4v) is 1.63. The average molecular weight is 261 g/mol. The van der Waals surface area contributed by atoms with Gasteiger partial charge in [-0.2, -0.15) is 13.2 Å². The summed E-state index contributed by atoms with van der Waals surface area (Å²) >= 11 is 0. The molecule has 0 saturated heterocycles. The fourth-order valence-electron chi connectivity index (χ4n) is 1.63. The van der Waals surface area contributed by atoms with Crippen molar-refractivity contribution in [1.29, 1.82) is 0 Å². The highest BCUT2D eigenvalue weighted by molar-refractivity contribution is 5.41. The molecule has 0 bridgehead atoms. The second-order valence-corrected chi connectivity index (χ2v) is 4.51. The molecule has 0 aliphatic rings. The fraction of sp³-hybridized carbons (Fsp3) is 0.583. The van der Waals surface area contributed by atoms with Gasteiger partial charge in [-0.25, -0.2) is 4.98 Å². The van der Waals surface area contributed by atoms with Crippen molar-refractivity contribution in [3.8, 4) is 0 Å². The zero-order chi connectivity index (χ0) is 13.8. The Morgan fingerprint density at radius 1 is 1.39 bits per heavy atom. The molecule has 1 aromatic rings. The van der Waals surface area contributed by atoms with Gasteiger partial charge in [0.25, 0.3) is 0 Å². The number of nitrogens with two attached hydrogens (primary N) is 1. The molecule has 0 amide bonds. The largest absolute Gasteiger partial charge is 0.416 e. The Morgan fingerprint density at radius 3 is 2.56 bits per heavy atom. The molecule has 0 aliphatic heterocycles. The number of pyridine rings is 1. The van der Waals surface area contributed by atoms with E-state index in [1.807, 2.05) is 13.8 Å². The van der Waals surface area contributed by atoms with Crippen LogP contribution in [0.25, 0.3) is 0 Å². The van der Waals surface area contributed by atoms with Crippen molar-refractivity contribution in [3.05, 3.63) is 23.9 Å². The predicted molar refractivity (Wildman–Crippen MR) is 65.2 cm³/mol. The van der Waals surface area contributed by atoms with Gasteiger partial charge in [-0.15, -0.1) is 0 Å². The third-order valence-electron chi connectivity index (χ3n) is 2.99. The highest BCUT2D eigenvalue weighted by Crippen LogP contribution is 2.30. The smallest absolute Gasteiger partial charge is 0.365 e. The predicted octanol–water partition coefficient (Wildman–Crippen LogP) is 3.03. The van der Waals surface area contributed by atoms with E-state index in [4.69, 9.17) is 5.73 Å². The van der Waals surface area contributed by atoms with E-state index in [2.05, 4.69) is 10.3 Å². The van der Waals surface area contributed by atoms with Crippen molar-refractivity contribution >= 4 is 5.82 Å². The molecule has 0 radical (unpaired) electrons. The summed E-state index contributed by atoms with van der Waals surface area (Å²) in [5.74, 6) is 0.225. The van der Waals surface area contributed by atoms with E-state index in [9.17, 15) is 13.2 Å². The Kier molecular flexibility index (Phi) is 4.56. The Bertz CT molecular complexity index is 392. The molecule has 0 aliphatic carbocycles. The first-order valence-electron chi connectivity index (χ1n) is 5.82. The lowest BCUT2D eigenvalue weighted by Crippen LogP contribution is -2.36. The van der Waals surface area contributed by atoms with Gasteiger partial charge in [0.1, 0.15) is 5.82 Å². The zero-order valence-corrected chi connectivity index (χ0v) is 10.5. The Labute approximate surface area is 105 Å². The van der Waals surface area contributed by atoms with Gasteiger partial charge in [0.2, 0.25) is 0 Å². The molecular formula is C12H18F3N3. The molecule has 3 nitrogen and oxygen atoms in total. The molecule has 0 saturated carbocycles. The number of anilines is 1. The molecule has 0 aromatic carbocycles. The van der Waals surface area contributed by atoms with E-state index >= 15 is 0 Å². The summed E-state index contributed by atoms with van der Waals surface area (Å²) in [6, 6.07) is 1.97. The third kappa shape index (κ3) is 3.87. The number of rotatable bonds is 5. The Morgan fingerprint density at radius 2 is 2.06 bits per heavy atom. The van der Waals surface area contributed by atoms with Crippen molar-refractivity contribution in [2.45, 2.75) is 38.4 Å². The Balaban J connectivity index is 2.91. The number of nitrogens with one attached hydrogen (secondary N) is 1. The van der Waals surface area contributed by atoms with Crippen molar-refractivity contribution in [2.75, 3.05) is 11.9 Å². The van der Waals surface area contributed by atoms with Gasteiger partial charge in [0.05, 0.1) is 5.56 Å². The lowest BCUT2D eigenvalue weighted by molar-refractivity contribution is -0.137. The highest BCUT2D eigenvalue weighted by Gasteiger charge is 2.31. The minimum absolute atomic E-state index is 0.225. The summed E-state index contributed by atoms with van der Waals surface area (Å²) in [6.45, 7) is 4.34. The van der Waals surface area contributed by atoms with Crippen LogP contribution in [0.5, 0.6) is 0 Å². The summed E-state index contributed by atoms with van der Waals surface area (Å²) < 4.78 is 37.7. The Hall–Kier alpha value is -1.30. The monoisotopic (exact) mass is 261 g/mol. The molecule has 1 rings (SSSR count). The highest BCUT2D eigenvalue weighted by atomic mass is 19.4. The van der Waals surface area contributed by atoms with Crippen LogP contribution in [0.1, 0.15) is 32.3 Å². The van der Waals surface area contributed by atoms with E-state index < -0.39 is 11.7 Å². The maximum atomic E-state index is 12.6. The van der Waals surface area contributed by atoms with Gasteiger partial charge < -0.3 is 11.1 Å². The molecular weight excluding hydrogens is 243 g/mol. The van der Waals surface area contributed by atoms with Crippen LogP contribution in [-0.4, -0.2) is 17.1 Å². The minimum atomic E-state index is -4.35. The van der Waals surface area contributed by atoms with E-state index in [1.54, 1.807) is 0 Å². The summed E-state index contributed by atoms with van der Waals surface area (Å²) in [5, 5.41) is 3.03. The summed E-state index contributed by atoms with van der Waals surface area (Å²) in [6.07, 6.45) is -1.77. The molecule has 18 heavy (non-hydrogen) atoms. The maximum absolute atomic E-state index is 12.6. The lowest BCUT2D eigenvalue weighted by atomic mass is 9.94. The van der Waals surface area contributed by atoms with Crippen LogP contribution in [-0.2, 0) is 6.18 Å². The van der Waals surface area contributed by atoms with Gasteiger partial charge in [0, 0.05) is 11.7 Å². The van der Waals surface area contributed by atoms with Crippen molar-refractivity contribution in [2.24, 2.45) is 5.73 Å². The van der Waals surface area contributed by atoms with Crippen LogP contribution in [0.3, 0.4) is 0 Å². The van der Waals surface area contributed by atoms with Crippen molar-refractivity contribution in [3.63, 3.8) is 0 Å². The first-order valence-corrected chi connectivity index (χ1v) is 5.82. The molecule has 102 valence electrons. The number of alkyl halides is 3. The second-order valence-electron chi connectivity index (χ2n) is 4.51. The second kappa shape index (κ2) is 5.56. The van der Waals surface area contributed by atoms with Crippen molar-refractivity contribution in [1.82, 2.24) is 4.98 Å². The molecule has 6 heteroatoms. The van der Waals surface area contributed by atoms with E-state index in [-0.39, 0.29) is 11.4 Å². The molecule has 1 heterocycles. The topological polar surface area (TPSA) is 50.9 Å². The molecule has 3 N–H and O–H groups in total. The number of hydrogen-bond donors (Lipinski definition) is 2. The quantitative estimate of drug-likeness (QED) is 0.856. The SMILES string of the molecule is CCC(C)(CCN)Nc1cc(C(F)(F)F)ccn1. The standard InChI is InChI=1S/C12H18F3N3/c1-3-11(2,5-6-16)18-10-8-9(4-7-17-10)12(13,14)15/h4,7-8H,3,5-6,16H2,1-2H3,(H,17,18). The van der Waals surface area contributed by atoms with Crippen LogP contribution < -0.4 is 11.1 Å². The first-order chi connectivity index (χ1) is 8.30. The van der Waals surface area contributed by atoms with Crippen LogP contribution in [0, 0.1) is 0 Å². The summed E-state index contributed by atoms with van der Waals surface area (Å²) in [5.41, 5.74) is 4.46. The van der Waals surface area contributed by atoms with Gasteiger partial charge in [-0.3, -0.25) is 0 Å². The average Bonchev–Trinajstić information content (AvgIpc) is 2.28. The number of hydrogen-bond acceptors (Lipinski definition) is 3. The minimum Gasteiger partial charge on any atom is -0.365 e. The maximum Gasteiger partial charge on any atom is 0.416 e. The normalized spacial score (nSPS) is 15.2. The van der Waals surface area contributed by atoms with Gasteiger partial charge in [0.15, 0.2) is 0 Å². The first kappa shape index (κ1) is 14.8. The van der Waals surface area contributed by atoms with Crippen LogP contribution in [0.4, 0.5) is 19.0 Å². The summed E-state index contributed by atoms with van der Waals surface area (Å²) in [7, 11) is 0. The third-order valence-corrected chi connectivity index (χ3v) is 2.99. The molecule has 0 fully saturated rings. The van der Waals surface area contributed by atoms with Gasteiger partial charge in [-0.1, -0.05) is 6.92 Å². The number of halogens is 3. The van der Waals surface area contributed by atoms with E-state index in [1.165, 1.54) is 0 Å². The lowest BCUT2D eigenvalue weighted by Gasteiger charge is -2.30. The molecule has 0 spiro atoms. The van der Waals surface area contributed by atoms with Gasteiger partial charge in [-0.05, 0) is 38.4 Å². The zero-order valence-electron chi connectivity index (χ0n) is 10.5. The summed E-state index contributed by atoms with van der Waals surface area (Å²) in [4.78, 5) is 3.92. The van der Waals surface area contributed by atoms with E-state index in [0.29, 0.717) is 13.0 Å². The number of aromatic nitrogens is 1. The van der Waals surface area contributed by atoms with Crippen LogP contribution in [0.2, 0.25) is 0 Å². The van der Waals surface area contributed by atoms with E-state index in [0.717, 1.165) is 24.8 Å². The van der Waals surface area contributed by atoms with Gasteiger partial charge >= 0.3 is 6.18 Å².